The van der Waals surface area contributed by atoms with Crippen molar-refractivity contribution in [2.24, 2.45) is 5.41 Å². The highest BCUT2D eigenvalue weighted by Crippen LogP contribution is 2.21. The molecule has 1 aromatic heterocycles. The number of hydrogen-bond acceptors (Lipinski definition) is 2. The first-order chi connectivity index (χ1) is 8.02. The monoisotopic (exact) mass is 237 g/mol. The van der Waals surface area contributed by atoms with Crippen molar-refractivity contribution in [3.63, 3.8) is 0 Å². The highest BCUT2D eigenvalue weighted by molar-refractivity contribution is 5.12. The molecule has 0 bridgehead atoms. The molecule has 1 rings (SSSR count). The zero-order chi connectivity index (χ0) is 12.9. The Hall–Kier alpha value is -0.830. The average molecular weight is 237 g/mol. The molecule has 1 heterocycles. The molecule has 0 aliphatic rings. The van der Waals surface area contributed by atoms with Gasteiger partial charge in [-0.3, -0.25) is 4.68 Å². The minimum atomic E-state index is 0.286. The molecule has 3 nitrogen and oxygen atoms in total. The van der Waals surface area contributed by atoms with Gasteiger partial charge in [-0.15, -0.1) is 0 Å². The number of nitrogens with zero attached hydrogens (tertiary/aromatic N) is 2. The first-order valence-corrected chi connectivity index (χ1v) is 6.78. The maximum Gasteiger partial charge on any atom is 0.0624 e. The van der Waals surface area contributed by atoms with Gasteiger partial charge in [0.25, 0.3) is 0 Å². The van der Waals surface area contributed by atoms with Crippen molar-refractivity contribution in [1.29, 1.82) is 0 Å². The van der Waals surface area contributed by atoms with Crippen molar-refractivity contribution in [2.45, 2.75) is 54.0 Å². The summed E-state index contributed by atoms with van der Waals surface area (Å²) in [4.78, 5) is 0. The zero-order valence-corrected chi connectivity index (χ0v) is 12.0. The summed E-state index contributed by atoms with van der Waals surface area (Å²) >= 11 is 0. The first-order valence-electron chi connectivity index (χ1n) is 6.78. The van der Waals surface area contributed by atoms with E-state index in [1.165, 1.54) is 11.4 Å². The molecule has 17 heavy (non-hydrogen) atoms. The van der Waals surface area contributed by atoms with E-state index >= 15 is 0 Å². The van der Waals surface area contributed by atoms with Gasteiger partial charge in [0.15, 0.2) is 0 Å². The van der Waals surface area contributed by atoms with Crippen LogP contribution in [0, 0.1) is 5.41 Å². The molecular weight excluding hydrogens is 210 g/mol. The van der Waals surface area contributed by atoms with Crippen LogP contribution in [0.5, 0.6) is 0 Å². The zero-order valence-electron chi connectivity index (χ0n) is 12.0. The Morgan fingerprint density at radius 3 is 2.53 bits per heavy atom. The molecule has 3 heteroatoms. The number of aryl methyl sites for hydroxylation is 2. The molecule has 0 spiro atoms. The summed E-state index contributed by atoms with van der Waals surface area (Å²) in [6.45, 7) is 14.2. The molecule has 0 amide bonds. The van der Waals surface area contributed by atoms with Crippen molar-refractivity contribution < 1.29 is 0 Å². The van der Waals surface area contributed by atoms with Gasteiger partial charge in [-0.05, 0) is 37.8 Å². The van der Waals surface area contributed by atoms with Crippen molar-refractivity contribution in [1.82, 2.24) is 15.1 Å². The Balaban J connectivity index is 2.75. The Bertz CT molecular complexity index is 339. The van der Waals surface area contributed by atoms with Crippen LogP contribution in [0.25, 0.3) is 0 Å². The highest BCUT2D eigenvalue weighted by atomic mass is 15.3. The lowest BCUT2D eigenvalue weighted by molar-refractivity contribution is 0.331. The van der Waals surface area contributed by atoms with E-state index in [-0.39, 0.29) is 5.41 Å². The number of aromatic nitrogens is 2. The van der Waals surface area contributed by atoms with Crippen LogP contribution in [0.4, 0.5) is 0 Å². The molecule has 0 aliphatic carbocycles. The lowest BCUT2D eigenvalue weighted by Crippen LogP contribution is -2.31. The van der Waals surface area contributed by atoms with Crippen LogP contribution in [0.2, 0.25) is 0 Å². The molecule has 0 radical (unpaired) electrons. The molecule has 0 fully saturated rings. The van der Waals surface area contributed by atoms with E-state index < -0.39 is 0 Å². The maximum absolute atomic E-state index is 4.61. The van der Waals surface area contributed by atoms with E-state index in [0.29, 0.717) is 0 Å². The molecule has 0 unspecified atom stereocenters. The Morgan fingerprint density at radius 2 is 2.00 bits per heavy atom. The summed E-state index contributed by atoms with van der Waals surface area (Å²) in [5.74, 6) is 0. The van der Waals surface area contributed by atoms with E-state index in [2.05, 4.69) is 55.8 Å². The number of nitrogens with one attached hydrogen (secondary N) is 1. The van der Waals surface area contributed by atoms with Crippen LogP contribution in [0.3, 0.4) is 0 Å². The second kappa shape index (κ2) is 6.20. The van der Waals surface area contributed by atoms with Gasteiger partial charge in [-0.1, -0.05) is 27.7 Å². The van der Waals surface area contributed by atoms with Gasteiger partial charge in [0.05, 0.1) is 5.69 Å². The van der Waals surface area contributed by atoms with Crippen molar-refractivity contribution in [3.05, 3.63) is 17.5 Å². The van der Waals surface area contributed by atoms with Gasteiger partial charge in [-0.2, -0.15) is 5.10 Å². The molecule has 0 aliphatic heterocycles. The molecule has 0 saturated carbocycles. The highest BCUT2D eigenvalue weighted by Gasteiger charge is 2.20. The van der Waals surface area contributed by atoms with Crippen molar-refractivity contribution in [3.8, 4) is 0 Å². The Kier molecular flexibility index (Phi) is 5.19. The van der Waals surface area contributed by atoms with Crippen LogP contribution in [0.15, 0.2) is 6.07 Å². The van der Waals surface area contributed by atoms with Gasteiger partial charge in [0, 0.05) is 18.8 Å². The predicted molar refractivity (Wildman–Crippen MR) is 73.3 cm³/mol. The first kappa shape index (κ1) is 14.2. The lowest BCUT2D eigenvalue weighted by Gasteiger charge is -2.25. The second-order valence-corrected chi connectivity index (χ2v) is 5.42. The fourth-order valence-electron chi connectivity index (χ4n) is 2.12. The summed E-state index contributed by atoms with van der Waals surface area (Å²) in [6.07, 6.45) is 2.11. The van der Waals surface area contributed by atoms with Crippen LogP contribution >= 0.6 is 0 Å². The molecular formula is C14H27N3. The number of hydrogen-bond donors (Lipinski definition) is 1. The lowest BCUT2D eigenvalue weighted by atomic mass is 9.87. The summed E-state index contributed by atoms with van der Waals surface area (Å²) in [6, 6.07) is 2.26. The normalized spacial score (nSPS) is 12.1. The largest absolute Gasteiger partial charge is 0.316 e. The molecule has 1 N–H and O–H groups in total. The van der Waals surface area contributed by atoms with E-state index in [9.17, 15) is 0 Å². The van der Waals surface area contributed by atoms with E-state index in [1.54, 1.807) is 0 Å². The summed E-state index contributed by atoms with van der Waals surface area (Å²) < 4.78 is 2.15. The standard InChI is InChI=1S/C14H27N3/c1-6-12-9-13(17(8-3)16-12)10-14(4,5)11-15-7-2/h9,15H,6-8,10-11H2,1-5H3. The number of rotatable bonds is 7. The van der Waals surface area contributed by atoms with Crippen molar-refractivity contribution in [2.75, 3.05) is 13.1 Å². The van der Waals surface area contributed by atoms with Gasteiger partial charge in [0.1, 0.15) is 0 Å². The molecule has 0 saturated heterocycles. The maximum atomic E-state index is 4.61. The van der Waals surface area contributed by atoms with Gasteiger partial charge >= 0.3 is 0 Å². The van der Waals surface area contributed by atoms with Gasteiger partial charge < -0.3 is 5.32 Å². The Labute approximate surface area is 106 Å². The SMILES string of the molecule is CCNCC(C)(C)Cc1cc(CC)nn1CC. The summed E-state index contributed by atoms with van der Waals surface area (Å²) in [5.41, 5.74) is 2.86. The van der Waals surface area contributed by atoms with Crippen LogP contribution < -0.4 is 5.32 Å². The third-order valence-electron chi connectivity index (χ3n) is 3.09. The molecule has 0 atom stereocenters. The molecule has 1 aromatic rings. The third kappa shape index (κ3) is 4.15. The van der Waals surface area contributed by atoms with Crippen LogP contribution in [0.1, 0.15) is 46.0 Å². The Morgan fingerprint density at radius 1 is 1.29 bits per heavy atom. The fourth-order valence-corrected chi connectivity index (χ4v) is 2.12. The van der Waals surface area contributed by atoms with Crippen molar-refractivity contribution >= 4 is 0 Å². The van der Waals surface area contributed by atoms with E-state index in [1.807, 2.05) is 0 Å². The third-order valence-corrected chi connectivity index (χ3v) is 3.09. The molecule has 98 valence electrons. The predicted octanol–water partition coefficient (Wildman–Crippen LogP) is 2.64. The molecule has 0 aromatic carbocycles. The average Bonchev–Trinajstić information content (AvgIpc) is 2.68. The van der Waals surface area contributed by atoms with E-state index in [0.717, 1.165) is 32.5 Å². The van der Waals surface area contributed by atoms with Crippen LogP contribution in [-0.2, 0) is 19.4 Å². The minimum absolute atomic E-state index is 0.286. The van der Waals surface area contributed by atoms with Crippen LogP contribution in [-0.4, -0.2) is 22.9 Å². The summed E-state index contributed by atoms with van der Waals surface area (Å²) in [7, 11) is 0. The van der Waals surface area contributed by atoms with Gasteiger partial charge in [0.2, 0.25) is 0 Å². The quantitative estimate of drug-likeness (QED) is 0.790. The second-order valence-electron chi connectivity index (χ2n) is 5.42. The van der Waals surface area contributed by atoms with Gasteiger partial charge in [-0.25, -0.2) is 0 Å². The topological polar surface area (TPSA) is 29.9 Å². The summed E-state index contributed by atoms with van der Waals surface area (Å²) in [5, 5.41) is 8.05. The van der Waals surface area contributed by atoms with E-state index in [4.69, 9.17) is 0 Å². The smallest absolute Gasteiger partial charge is 0.0624 e. The minimum Gasteiger partial charge on any atom is -0.316 e. The fraction of sp³-hybridized carbons (Fsp3) is 0.786.